The van der Waals surface area contributed by atoms with Crippen LogP contribution in [0.4, 0.5) is 24.8 Å². The predicted molar refractivity (Wildman–Crippen MR) is 158 cm³/mol. The van der Waals surface area contributed by atoms with Crippen LogP contribution in [0, 0.1) is 11.3 Å². The number of anilines is 2. The summed E-state index contributed by atoms with van der Waals surface area (Å²) in [5, 5.41) is 18.4. The maximum absolute atomic E-state index is 13.6. The largest absolute Gasteiger partial charge is 1.00 e. The summed E-state index contributed by atoms with van der Waals surface area (Å²) in [4.78, 5) is 28.1. The van der Waals surface area contributed by atoms with E-state index in [2.05, 4.69) is 16.3 Å². The summed E-state index contributed by atoms with van der Waals surface area (Å²) in [6.45, 7) is 2.08. The van der Waals surface area contributed by atoms with E-state index in [1.54, 1.807) is 25.1 Å². The van der Waals surface area contributed by atoms with Gasteiger partial charge in [-0.1, -0.05) is 30.3 Å². The van der Waals surface area contributed by atoms with Crippen molar-refractivity contribution in [2.45, 2.75) is 32.1 Å². The Bertz CT molecular complexity index is 2100. The van der Waals surface area contributed by atoms with E-state index in [-0.39, 0.29) is 39.9 Å². The van der Waals surface area contributed by atoms with E-state index in [0.29, 0.717) is 29.7 Å². The van der Waals surface area contributed by atoms with Crippen LogP contribution in [-0.4, -0.2) is 27.8 Å². The molecule has 3 heterocycles. The fraction of sp³-hybridized carbons (Fsp3) is 0.182. The van der Waals surface area contributed by atoms with E-state index in [0.717, 1.165) is 22.9 Å². The molecule has 1 aliphatic rings. The molecule has 0 aliphatic carbocycles. The van der Waals surface area contributed by atoms with Crippen molar-refractivity contribution in [3.8, 4) is 6.07 Å². The number of halogens is 4. The highest BCUT2D eigenvalue weighted by molar-refractivity contribution is 5.93. The number of esters is 1. The third kappa shape index (κ3) is 5.79. The van der Waals surface area contributed by atoms with Gasteiger partial charge in [-0.2, -0.15) is 18.4 Å². The molecule has 1 N–H and O–H groups in total. The molecular weight excluding hydrogens is 665 g/mol. The number of ether oxygens (including phenoxy) is 1. The average molecular weight is 692 g/mol. The van der Waals surface area contributed by atoms with Crippen molar-refractivity contribution in [2.24, 2.45) is 0 Å². The SMILES string of the molecule is COC(=O)C1=C(C)N(c2cccc(C(F)(F)F)c2)c2n[nH]c(=O)n2C1c1ccc(C#N)cc1CC[n+]1ccc2ccccc2c1.[Br-]. The molecule has 6 rings (SSSR count). The minimum absolute atomic E-state index is 0. The van der Waals surface area contributed by atoms with Crippen LogP contribution in [0.3, 0.4) is 0 Å². The number of benzene rings is 3. The first-order chi connectivity index (χ1) is 21.6. The van der Waals surface area contributed by atoms with Crippen molar-refractivity contribution < 1.29 is 44.3 Å². The highest BCUT2D eigenvalue weighted by Gasteiger charge is 2.41. The zero-order valence-corrected chi connectivity index (χ0v) is 26.1. The molecule has 1 unspecified atom stereocenters. The molecule has 234 valence electrons. The number of aromatic amines is 1. The Morgan fingerprint density at radius 2 is 1.85 bits per heavy atom. The number of pyridine rings is 1. The van der Waals surface area contributed by atoms with Gasteiger partial charge in [0.25, 0.3) is 0 Å². The van der Waals surface area contributed by atoms with Crippen molar-refractivity contribution in [3.63, 3.8) is 0 Å². The Balaban J connectivity index is 0.00000417. The van der Waals surface area contributed by atoms with Gasteiger partial charge in [0, 0.05) is 29.3 Å². The monoisotopic (exact) mass is 690 g/mol. The van der Waals surface area contributed by atoms with Crippen molar-refractivity contribution in [1.29, 1.82) is 5.26 Å². The van der Waals surface area contributed by atoms with Crippen molar-refractivity contribution in [3.05, 3.63) is 129 Å². The van der Waals surface area contributed by atoms with E-state index in [1.165, 1.54) is 28.7 Å². The number of alkyl halides is 3. The summed E-state index contributed by atoms with van der Waals surface area (Å²) in [5.41, 5.74) is 0.366. The maximum Gasteiger partial charge on any atom is 0.416 e. The Morgan fingerprint density at radius 1 is 1.09 bits per heavy atom. The number of carbonyl (C=O) groups is 1. The second-order valence-corrected chi connectivity index (χ2v) is 10.6. The van der Waals surface area contributed by atoms with E-state index >= 15 is 0 Å². The van der Waals surface area contributed by atoms with Crippen LogP contribution in [-0.2, 0) is 28.7 Å². The standard InChI is InChI=1S/C33H25F3N6O3.BrH/c1-20-28(30(43)45-2)29(42-31(38-39-32(42)44)41(20)26-9-5-8-25(17-26)33(34,35)36)27-11-10-21(18-37)16-23(27)13-15-40-14-12-22-6-3-4-7-24(22)19-40;/h3-12,14,16-17,19,29H,13,15H2,1-2H3;1H. The maximum atomic E-state index is 13.6. The third-order valence-corrected chi connectivity index (χ3v) is 7.93. The summed E-state index contributed by atoms with van der Waals surface area (Å²) < 4.78 is 49.3. The van der Waals surface area contributed by atoms with Gasteiger partial charge in [0.2, 0.25) is 5.95 Å². The Morgan fingerprint density at radius 3 is 2.57 bits per heavy atom. The lowest BCUT2D eigenvalue weighted by Gasteiger charge is -2.36. The van der Waals surface area contributed by atoms with Crippen LogP contribution in [0.2, 0.25) is 0 Å². The first-order valence-electron chi connectivity index (χ1n) is 13.9. The molecule has 1 atom stereocenters. The number of H-pyrrole nitrogens is 1. The van der Waals surface area contributed by atoms with Gasteiger partial charge in [0.1, 0.15) is 6.04 Å². The molecule has 13 heteroatoms. The summed E-state index contributed by atoms with van der Waals surface area (Å²) in [7, 11) is 1.19. The topological polar surface area (TPSA) is 108 Å². The zero-order valence-electron chi connectivity index (χ0n) is 24.5. The van der Waals surface area contributed by atoms with Crippen LogP contribution in [0.1, 0.15) is 35.2 Å². The highest BCUT2D eigenvalue weighted by Crippen LogP contribution is 2.43. The van der Waals surface area contributed by atoms with Gasteiger partial charge < -0.3 is 21.7 Å². The van der Waals surface area contributed by atoms with Gasteiger partial charge in [-0.3, -0.25) is 4.90 Å². The number of allylic oxidation sites excluding steroid dienone is 1. The molecule has 46 heavy (non-hydrogen) atoms. The first-order valence-corrected chi connectivity index (χ1v) is 13.9. The summed E-state index contributed by atoms with van der Waals surface area (Å²) in [5.74, 6) is -0.777. The van der Waals surface area contributed by atoms with Crippen LogP contribution in [0.5, 0.6) is 0 Å². The Labute approximate surface area is 271 Å². The van der Waals surface area contributed by atoms with Gasteiger partial charge in [-0.15, -0.1) is 5.10 Å². The van der Waals surface area contributed by atoms with Crippen LogP contribution < -0.4 is 32.1 Å². The number of aromatic nitrogens is 4. The summed E-state index contributed by atoms with van der Waals surface area (Å²) in [6.07, 6.45) is -0.231. The number of hydrogen-bond donors (Lipinski definition) is 1. The molecule has 0 fully saturated rings. The average Bonchev–Trinajstić information content (AvgIpc) is 3.42. The number of methoxy groups -OCH3 is 1. The van der Waals surface area contributed by atoms with Gasteiger partial charge in [0.05, 0.1) is 29.9 Å². The Hall–Kier alpha value is -5.22. The minimum Gasteiger partial charge on any atom is -1.00 e. The lowest BCUT2D eigenvalue weighted by molar-refractivity contribution is -0.695. The van der Waals surface area contributed by atoms with E-state index in [4.69, 9.17) is 4.74 Å². The van der Waals surface area contributed by atoms with Crippen LogP contribution in [0.15, 0.2) is 101 Å². The highest BCUT2D eigenvalue weighted by atomic mass is 79.9. The number of fused-ring (bicyclic) bond motifs is 2. The molecule has 0 radical (unpaired) electrons. The van der Waals surface area contributed by atoms with Gasteiger partial charge in [-0.25, -0.2) is 23.8 Å². The molecule has 5 aromatic rings. The second kappa shape index (κ2) is 12.6. The van der Waals surface area contributed by atoms with Crippen LogP contribution in [0.25, 0.3) is 10.8 Å². The Kier molecular flexibility index (Phi) is 8.85. The molecule has 2 aromatic heterocycles. The number of rotatable bonds is 6. The fourth-order valence-corrected chi connectivity index (χ4v) is 5.80. The lowest BCUT2D eigenvalue weighted by atomic mass is 9.89. The molecule has 1 aliphatic heterocycles. The van der Waals surface area contributed by atoms with E-state index < -0.39 is 29.4 Å². The smallest absolute Gasteiger partial charge is 0.416 e. The lowest BCUT2D eigenvalue weighted by Crippen LogP contribution is -3.00. The van der Waals surface area contributed by atoms with Crippen molar-refractivity contribution in [2.75, 3.05) is 12.0 Å². The number of aryl methyl sites for hydroxylation is 2. The second-order valence-electron chi connectivity index (χ2n) is 10.6. The summed E-state index contributed by atoms with van der Waals surface area (Å²) in [6, 6.07) is 20.6. The zero-order chi connectivity index (χ0) is 31.9. The van der Waals surface area contributed by atoms with Crippen LogP contribution >= 0.6 is 0 Å². The van der Waals surface area contributed by atoms with E-state index in [9.17, 15) is 28.0 Å². The fourth-order valence-electron chi connectivity index (χ4n) is 5.80. The number of carbonyl (C=O) groups excluding carboxylic acids is 1. The van der Waals surface area contributed by atoms with Gasteiger partial charge in [0.15, 0.2) is 18.9 Å². The van der Waals surface area contributed by atoms with Gasteiger partial charge in [-0.05, 0) is 59.8 Å². The molecule has 0 saturated heterocycles. The summed E-state index contributed by atoms with van der Waals surface area (Å²) >= 11 is 0. The molecule has 0 bridgehead atoms. The molecule has 0 saturated carbocycles. The molecule has 0 spiro atoms. The molecule has 0 amide bonds. The number of nitrogens with zero attached hydrogens (tertiary/aromatic N) is 5. The number of hydrogen-bond acceptors (Lipinski definition) is 6. The number of nitriles is 1. The van der Waals surface area contributed by atoms with E-state index in [1.807, 2.05) is 47.3 Å². The minimum atomic E-state index is -4.62. The van der Waals surface area contributed by atoms with Crippen molar-refractivity contribution in [1.82, 2.24) is 14.8 Å². The molecular formula is C33H26BrF3N6O3. The molecule has 9 nitrogen and oxygen atoms in total. The predicted octanol–water partition coefficient (Wildman–Crippen LogP) is 2.34. The third-order valence-electron chi connectivity index (χ3n) is 7.93. The van der Waals surface area contributed by atoms with Gasteiger partial charge >= 0.3 is 17.8 Å². The quantitative estimate of drug-likeness (QED) is 0.217. The van der Waals surface area contributed by atoms with Crippen molar-refractivity contribution >= 4 is 28.4 Å². The normalized spacial score (nSPS) is 14.4. The molecule has 3 aromatic carbocycles. The number of nitrogens with one attached hydrogen (secondary N) is 1. The first kappa shape index (κ1) is 32.2.